The molecular formula is C11H14N2O2. The number of hydrogen-bond acceptors (Lipinski definition) is 3. The van der Waals surface area contributed by atoms with Gasteiger partial charge in [-0.15, -0.1) is 0 Å². The van der Waals surface area contributed by atoms with Crippen LogP contribution in [0.2, 0.25) is 0 Å². The zero-order valence-electron chi connectivity index (χ0n) is 8.67. The highest BCUT2D eigenvalue weighted by Gasteiger charge is 2.15. The lowest BCUT2D eigenvalue weighted by Crippen LogP contribution is -2.11. The average molecular weight is 206 g/mol. The predicted molar refractivity (Wildman–Crippen MR) is 59.3 cm³/mol. The van der Waals surface area contributed by atoms with Gasteiger partial charge in [-0.25, -0.2) is 0 Å². The molecular weight excluding hydrogens is 192 g/mol. The Bertz CT molecular complexity index is 377. The molecule has 4 nitrogen and oxygen atoms in total. The van der Waals surface area contributed by atoms with E-state index in [1.165, 1.54) is 0 Å². The molecule has 1 aliphatic rings. The second-order valence-electron chi connectivity index (χ2n) is 3.34. The standard InChI is InChI=1S/C11H14N2O2/c1-2-15-9-5-3-4-8-11(9)13-10(14)6-7-12-8/h3-5,12H,2,6-7H2,1H3,(H,13,14). The summed E-state index contributed by atoms with van der Waals surface area (Å²) in [6.45, 7) is 3.17. The first-order valence-corrected chi connectivity index (χ1v) is 5.11. The van der Waals surface area contributed by atoms with Crippen molar-refractivity contribution >= 4 is 17.3 Å². The number of para-hydroxylation sites is 1. The van der Waals surface area contributed by atoms with Gasteiger partial charge in [-0.1, -0.05) is 6.07 Å². The van der Waals surface area contributed by atoms with Crippen LogP contribution in [0.3, 0.4) is 0 Å². The van der Waals surface area contributed by atoms with E-state index in [9.17, 15) is 4.79 Å². The maximum absolute atomic E-state index is 11.4. The van der Waals surface area contributed by atoms with Crippen LogP contribution in [0.15, 0.2) is 18.2 Å². The molecule has 0 atom stereocenters. The number of anilines is 2. The molecule has 0 unspecified atom stereocenters. The van der Waals surface area contributed by atoms with Crippen LogP contribution in [0.25, 0.3) is 0 Å². The monoisotopic (exact) mass is 206 g/mol. The Labute approximate surface area is 88.6 Å². The fourth-order valence-corrected chi connectivity index (χ4v) is 1.60. The Kier molecular flexibility index (Phi) is 2.76. The Morgan fingerprint density at radius 2 is 2.33 bits per heavy atom. The highest BCUT2D eigenvalue weighted by molar-refractivity contribution is 5.98. The second kappa shape index (κ2) is 4.21. The molecule has 0 radical (unpaired) electrons. The summed E-state index contributed by atoms with van der Waals surface area (Å²) in [5, 5.41) is 6.04. The van der Waals surface area contributed by atoms with Gasteiger partial charge in [-0.05, 0) is 19.1 Å². The van der Waals surface area contributed by atoms with Gasteiger partial charge >= 0.3 is 0 Å². The van der Waals surface area contributed by atoms with E-state index < -0.39 is 0 Å². The van der Waals surface area contributed by atoms with Gasteiger partial charge in [-0.3, -0.25) is 4.79 Å². The Balaban J connectivity index is 2.38. The molecule has 4 heteroatoms. The van der Waals surface area contributed by atoms with Crippen molar-refractivity contribution in [2.45, 2.75) is 13.3 Å². The molecule has 2 N–H and O–H groups in total. The van der Waals surface area contributed by atoms with Crippen molar-refractivity contribution in [1.29, 1.82) is 0 Å². The zero-order chi connectivity index (χ0) is 10.7. The van der Waals surface area contributed by atoms with Gasteiger partial charge in [-0.2, -0.15) is 0 Å². The van der Waals surface area contributed by atoms with Gasteiger partial charge in [0.1, 0.15) is 11.4 Å². The van der Waals surface area contributed by atoms with Crippen molar-refractivity contribution in [2.24, 2.45) is 0 Å². The highest BCUT2D eigenvalue weighted by Crippen LogP contribution is 2.33. The fraction of sp³-hybridized carbons (Fsp3) is 0.364. The van der Waals surface area contributed by atoms with Crippen LogP contribution < -0.4 is 15.4 Å². The summed E-state index contributed by atoms with van der Waals surface area (Å²) in [5.74, 6) is 0.742. The van der Waals surface area contributed by atoms with Gasteiger partial charge in [0, 0.05) is 13.0 Å². The van der Waals surface area contributed by atoms with Crippen LogP contribution in [0.1, 0.15) is 13.3 Å². The van der Waals surface area contributed by atoms with E-state index in [1.807, 2.05) is 25.1 Å². The number of rotatable bonds is 2. The van der Waals surface area contributed by atoms with Crippen LogP contribution in [0.5, 0.6) is 5.75 Å². The normalized spacial score (nSPS) is 14.6. The Morgan fingerprint density at radius 3 is 3.13 bits per heavy atom. The van der Waals surface area contributed by atoms with E-state index in [4.69, 9.17) is 4.74 Å². The molecule has 15 heavy (non-hydrogen) atoms. The maximum Gasteiger partial charge on any atom is 0.226 e. The van der Waals surface area contributed by atoms with E-state index in [0.29, 0.717) is 19.6 Å². The lowest BCUT2D eigenvalue weighted by Gasteiger charge is -2.12. The minimum Gasteiger partial charge on any atom is -0.492 e. The molecule has 1 aromatic carbocycles. The maximum atomic E-state index is 11.4. The molecule has 1 aliphatic heterocycles. The smallest absolute Gasteiger partial charge is 0.226 e. The first-order valence-electron chi connectivity index (χ1n) is 5.11. The summed E-state index contributed by atoms with van der Waals surface area (Å²) in [4.78, 5) is 11.4. The molecule has 0 fully saturated rings. The number of amides is 1. The summed E-state index contributed by atoms with van der Waals surface area (Å²) < 4.78 is 5.45. The summed E-state index contributed by atoms with van der Waals surface area (Å²) in [7, 11) is 0. The zero-order valence-corrected chi connectivity index (χ0v) is 8.67. The molecule has 0 aromatic heterocycles. The number of carbonyl (C=O) groups excluding carboxylic acids is 1. The van der Waals surface area contributed by atoms with E-state index in [-0.39, 0.29) is 5.91 Å². The second-order valence-corrected chi connectivity index (χ2v) is 3.34. The van der Waals surface area contributed by atoms with Crippen LogP contribution in [-0.4, -0.2) is 19.1 Å². The minimum atomic E-state index is 0.0217. The molecule has 0 spiro atoms. The lowest BCUT2D eigenvalue weighted by molar-refractivity contribution is -0.115. The van der Waals surface area contributed by atoms with E-state index in [1.54, 1.807) is 0 Å². The largest absolute Gasteiger partial charge is 0.492 e. The number of fused-ring (bicyclic) bond motifs is 1. The molecule has 2 rings (SSSR count). The van der Waals surface area contributed by atoms with Crippen molar-refractivity contribution in [3.8, 4) is 5.75 Å². The van der Waals surface area contributed by atoms with Crippen LogP contribution in [0, 0.1) is 0 Å². The molecule has 0 saturated carbocycles. The SMILES string of the molecule is CCOc1cccc2c1NC(=O)CCN2. The fourth-order valence-electron chi connectivity index (χ4n) is 1.60. The number of carbonyl (C=O) groups is 1. The Hall–Kier alpha value is -1.71. The molecule has 1 amide bonds. The van der Waals surface area contributed by atoms with Crippen LogP contribution >= 0.6 is 0 Å². The summed E-state index contributed by atoms with van der Waals surface area (Å²) in [5.41, 5.74) is 1.67. The first-order chi connectivity index (χ1) is 7.31. The topological polar surface area (TPSA) is 50.4 Å². The van der Waals surface area contributed by atoms with Crippen molar-refractivity contribution in [2.75, 3.05) is 23.8 Å². The van der Waals surface area contributed by atoms with E-state index >= 15 is 0 Å². The van der Waals surface area contributed by atoms with E-state index in [0.717, 1.165) is 17.1 Å². The number of nitrogens with one attached hydrogen (secondary N) is 2. The lowest BCUT2D eigenvalue weighted by atomic mass is 10.2. The summed E-state index contributed by atoms with van der Waals surface area (Å²) >= 11 is 0. The predicted octanol–water partition coefficient (Wildman–Crippen LogP) is 1.84. The van der Waals surface area contributed by atoms with E-state index in [2.05, 4.69) is 10.6 Å². The molecule has 0 saturated heterocycles. The van der Waals surface area contributed by atoms with Crippen molar-refractivity contribution in [3.63, 3.8) is 0 Å². The quantitative estimate of drug-likeness (QED) is 0.776. The van der Waals surface area contributed by atoms with Crippen LogP contribution in [-0.2, 0) is 4.79 Å². The third-order valence-corrected chi connectivity index (χ3v) is 2.26. The van der Waals surface area contributed by atoms with Crippen LogP contribution in [0.4, 0.5) is 11.4 Å². The summed E-state index contributed by atoms with van der Waals surface area (Å²) in [6.07, 6.45) is 0.486. The van der Waals surface area contributed by atoms with Crippen molar-refractivity contribution < 1.29 is 9.53 Å². The molecule has 1 heterocycles. The highest BCUT2D eigenvalue weighted by atomic mass is 16.5. The van der Waals surface area contributed by atoms with Gasteiger partial charge in [0.25, 0.3) is 0 Å². The van der Waals surface area contributed by atoms with Crippen molar-refractivity contribution in [3.05, 3.63) is 18.2 Å². The van der Waals surface area contributed by atoms with Crippen molar-refractivity contribution in [1.82, 2.24) is 0 Å². The molecule has 0 bridgehead atoms. The number of benzene rings is 1. The molecule has 1 aromatic rings. The molecule has 0 aliphatic carbocycles. The minimum absolute atomic E-state index is 0.0217. The van der Waals surface area contributed by atoms with Gasteiger partial charge in [0.05, 0.1) is 12.3 Å². The van der Waals surface area contributed by atoms with Gasteiger partial charge in [0.2, 0.25) is 5.91 Å². The third kappa shape index (κ3) is 2.03. The molecule has 80 valence electrons. The number of hydrogen-bond donors (Lipinski definition) is 2. The third-order valence-electron chi connectivity index (χ3n) is 2.26. The summed E-state index contributed by atoms with van der Waals surface area (Å²) in [6, 6.07) is 5.70. The average Bonchev–Trinajstić information content (AvgIpc) is 2.40. The first kappa shape index (κ1) is 9.83. The van der Waals surface area contributed by atoms with Gasteiger partial charge < -0.3 is 15.4 Å². The van der Waals surface area contributed by atoms with Gasteiger partial charge in [0.15, 0.2) is 0 Å². The Morgan fingerprint density at radius 1 is 1.47 bits per heavy atom. The number of ether oxygens (including phenoxy) is 1.